The van der Waals surface area contributed by atoms with Gasteiger partial charge in [0.25, 0.3) is 0 Å². The molecule has 4 atom stereocenters. The average molecular weight is 467 g/mol. The molecule has 0 saturated carbocycles. The Hall–Kier alpha value is -0.910. The summed E-state index contributed by atoms with van der Waals surface area (Å²) in [6.07, 6.45) is 20.6. The third kappa shape index (κ3) is 10.9. The Morgan fingerprint density at radius 3 is 1.76 bits per heavy atom. The van der Waals surface area contributed by atoms with Crippen molar-refractivity contribution in [3.8, 4) is 0 Å². The Balaban J connectivity index is 1.66. The summed E-state index contributed by atoms with van der Waals surface area (Å²) in [5.74, 6) is -0.709. The Morgan fingerprint density at radius 1 is 0.818 bits per heavy atom. The molecule has 2 fully saturated rings. The number of carboxylic acid groups (broad SMARTS) is 1. The van der Waals surface area contributed by atoms with E-state index in [2.05, 4.69) is 26.0 Å². The first-order chi connectivity index (χ1) is 15.6. The number of aliphatic carboxylic acids is 1. The second-order valence-electron chi connectivity index (χ2n) is 11.8. The number of rotatable bonds is 14. The van der Waals surface area contributed by atoms with Crippen LogP contribution in [-0.2, 0) is 14.3 Å². The largest absolute Gasteiger partial charge is 0.481 e. The predicted molar refractivity (Wildman–Crippen MR) is 133 cm³/mol. The Labute approximate surface area is 202 Å². The molecule has 192 valence electrons. The molecule has 2 aliphatic heterocycles. The molecule has 0 aromatic rings. The summed E-state index contributed by atoms with van der Waals surface area (Å²) >= 11 is 0. The van der Waals surface area contributed by atoms with Crippen molar-refractivity contribution in [2.24, 2.45) is 10.8 Å². The summed E-state index contributed by atoms with van der Waals surface area (Å²) in [6, 6.07) is 0. The maximum atomic E-state index is 11.2. The number of hydrogen-bond donors (Lipinski definition) is 2. The molecule has 0 spiro atoms. The van der Waals surface area contributed by atoms with E-state index in [0.29, 0.717) is 12.2 Å². The van der Waals surface area contributed by atoms with Gasteiger partial charge in [-0.05, 0) is 83.5 Å². The lowest BCUT2D eigenvalue weighted by Gasteiger charge is -2.31. The van der Waals surface area contributed by atoms with E-state index < -0.39 is 11.4 Å². The van der Waals surface area contributed by atoms with Crippen LogP contribution < -0.4 is 0 Å². The molecule has 33 heavy (non-hydrogen) atoms. The molecule has 5 heteroatoms. The van der Waals surface area contributed by atoms with Gasteiger partial charge in [-0.2, -0.15) is 0 Å². The first-order valence-electron chi connectivity index (χ1n) is 13.4. The van der Waals surface area contributed by atoms with Crippen LogP contribution in [0.4, 0.5) is 0 Å². The second kappa shape index (κ2) is 13.8. The quantitative estimate of drug-likeness (QED) is 0.221. The van der Waals surface area contributed by atoms with Gasteiger partial charge in [0.05, 0.1) is 29.8 Å². The van der Waals surface area contributed by atoms with Crippen molar-refractivity contribution in [1.29, 1.82) is 0 Å². The molecule has 0 radical (unpaired) electrons. The number of carboxylic acids is 1. The Bertz CT molecular complexity index is 597. The van der Waals surface area contributed by atoms with E-state index in [9.17, 15) is 15.0 Å². The molecule has 2 heterocycles. The monoisotopic (exact) mass is 466 g/mol. The van der Waals surface area contributed by atoms with Gasteiger partial charge >= 0.3 is 5.97 Å². The molecule has 0 amide bonds. The maximum Gasteiger partial charge on any atom is 0.309 e. The minimum Gasteiger partial charge on any atom is -0.481 e. The van der Waals surface area contributed by atoms with E-state index in [1.54, 1.807) is 0 Å². The molecule has 2 saturated heterocycles. The summed E-state index contributed by atoms with van der Waals surface area (Å²) in [5, 5.41) is 18.6. The van der Waals surface area contributed by atoms with Gasteiger partial charge < -0.3 is 19.7 Å². The van der Waals surface area contributed by atoms with Crippen LogP contribution in [-0.4, -0.2) is 47.2 Å². The molecule has 5 nitrogen and oxygen atoms in total. The summed E-state index contributed by atoms with van der Waals surface area (Å²) in [5.41, 5.74) is -0.599. The normalized spacial score (nSPS) is 27.2. The summed E-state index contributed by atoms with van der Waals surface area (Å²) in [4.78, 5) is 11.2. The average Bonchev–Trinajstić information content (AvgIpc) is 2.79. The standard InChI is InChI=1S/C28H50O5/c1-27(2,21-29)19-7-5-11-22-13-9-15-24(32-22)17-18-25-16-10-14-23(33-25)12-6-8-20-28(3,4)26(30)31/h17-18,22-25,29H,5-16,19-21H2,1-4H3,(H,30,31)/b18-17-. The number of carbonyl (C=O) groups is 1. The molecular weight excluding hydrogens is 416 g/mol. The fraction of sp³-hybridized carbons (Fsp3) is 0.893. The zero-order valence-corrected chi connectivity index (χ0v) is 21.7. The van der Waals surface area contributed by atoms with Crippen molar-refractivity contribution < 1.29 is 24.5 Å². The highest BCUT2D eigenvalue weighted by Gasteiger charge is 2.27. The van der Waals surface area contributed by atoms with Crippen molar-refractivity contribution in [3.05, 3.63) is 12.2 Å². The third-order valence-corrected chi connectivity index (χ3v) is 7.52. The highest BCUT2D eigenvalue weighted by molar-refractivity contribution is 5.73. The lowest BCUT2D eigenvalue weighted by Crippen LogP contribution is -2.29. The topological polar surface area (TPSA) is 76.0 Å². The summed E-state index contributed by atoms with van der Waals surface area (Å²) < 4.78 is 12.7. The lowest BCUT2D eigenvalue weighted by molar-refractivity contribution is -0.147. The fourth-order valence-electron chi connectivity index (χ4n) is 4.92. The van der Waals surface area contributed by atoms with Gasteiger partial charge in [0.1, 0.15) is 0 Å². The second-order valence-corrected chi connectivity index (χ2v) is 11.8. The fourth-order valence-corrected chi connectivity index (χ4v) is 4.92. The summed E-state index contributed by atoms with van der Waals surface area (Å²) in [6.45, 7) is 8.13. The van der Waals surface area contributed by atoms with Gasteiger partial charge in [0.2, 0.25) is 0 Å². The first kappa shape index (κ1) is 28.3. The summed E-state index contributed by atoms with van der Waals surface area (Å²) in [7, 11) is 0. The molecule has 0 aromatic carbocycles. The van der Waals surface area contributed by atoms with Crippen LogP contribution in [0.25, 0.3) is 0 Å². The van der Waals surface area contributed by atoms with E-state index in [1.807, 2.05) is 13.8 Å². The van der Waals surface area contributed by atoms with Gasteiger partial charge in [-0.3, -0.25) is 4.79 Å². The zero-order chi connectivity index (χ0) is 24.3. The van der Waals surface area contributed by atoms with E-state index in [0.717, 1.165) is 70.6 Å². The third-order valence-electron chi connectivity index (χ3n) is 7.52. The zero-order valence-electron chi connectivity index (χ0n) is 21.7. The van der Waals surface area contributed by atoms with Crippen molar-refractivity contribution in [2.75, 3.05) is 6.61 Å². The number of aliphatic hydroxyl groups excluding tert-OH is 1. The van der Waals surface area contributed by atoms with E-state index >= 15 is 0 Å². The molecule has 0 aliphatic carbocycles. The Kier molecular flexibility index (Phi) is 11.9. The van der Waals surface area contributed by atoms with Gasteiger partial charge in [-0.1, -0.05) is 51.7 Å². The van der Waals surface area contributed by atoms with Crippen molar-refractivity contribution in [3.63, 3.8) is 0 Å². The molecule has 2 N–H and O–H groups in total. The molecule has 4 unspecified atom stereocenters. The van der Waals surface area contributed by atoms with Crippen LogP contribution in [0, 0.1) is 10.8 Å². The minimum atomic E-state index is -0.709. The number of ether oxygens (including phenoxy) is 2. The number of unbranched alkanes of at least 4 members (excludes halogenated alkanes) is 2. The molecule has 0 bridgehead atoms. The highest BCUT2D eigenvalue weighted by atomic mass is 16.5. The van der Waals surface area contributed by atoms with Crippen LogP contribution >= 0.6 is 0 Å². The molecule has 2 aliphatic rings. The molecule has 2 rings (SSSR count). The number of hydrogen-bond acceptors (Lipinski definition) is 4. The highest BCUT2D eigenvalue weighted by Crippen LogP contribution is 2.29. The van der Waals surface area contributed by atoms with Crippen molar-refractivity contribution in [2.45, 2.75) is 142 Å². The molecule has 0 aromatic heterocycles. The maximum absolute atomic E-state index is 11.2. The van der Waals surface area contributed by atoms with Gasteiger partial charge in [0.15, 0.2) is 0 Å². The first-order valence-corrected chi connectivity index (χ1v) is 13.4. The SMILES string of the molecule is CC(C)(CO)CCCCC1CCCC(/C=C\C2CCCC(CCCCC(C)(C)C(=O)O)O2)O1. The van der Waals surface area contributed by atoms with Gasteiger partial charge in [-0.15, -0.1) is 0 Å². The smallest absolute Gasteiger partial charge is 0.309 e. The van der Waals surface area contributed by atoms with Crippen LogP contribution in [0.5, 0.6) is 0 Å². The van der Waals surface area contributed by atoms with E-state index in [4.69, 9.17) is 9.47 Å². The van der Waals surface area contributed by atoms with E-state index in [-0.39, 0.29) is 24.2 Å². The lowest BCUT2D eigenvalue weighted by atomic mass is 9.86. The van der Waals surface area contributed by atoms with Crippen molar-refractivity contribution in [1.82, 2.24) is 0 Å². The van der Waals surface area contributed by atoms with Crippen LogP contribution in [0.15, 0.2) is 12.2 Å². The van der Waals surface area contributed by atoms with Crippen LogP contribution in [0.2, 0.25) is 0 Å². The van der Waals surface area contributed by atoms with Crippen LogP contribution in [0.1, 0.15) is 118 Å². The van der Waals surface area contributed by atoms with Gasteiger partial charge in [-0.25, -0.2) is 0 Å². The Morgan fingerprint density at radius 2 is 1.30 bits per heavy atom. The van der Waals surface area contributed by atoms with E-state index in [1.165, 1.54) is 19.3 Å². The number of aliphatic hydroxyl groups is 1. The predicted octanol–water partition coefficient (Wildman–Crippen LogP) is 6.67. The minimum absolute atomic E-state index is 0.0333. The van der Waals surface area contributed by atoms with Crippen molar-refractivity contribution >= 4 is 5.97 Å². The van der Waals surface area contributed by atoms with Gasteiger partial charge in [0, 0.05) is 6.61 Å². The van der Waals surface area contributed by atoms with Crippen LogP contribution in [0.3, 0.4) is 0 Å². The molecular formula is C28H50O5.